The zero-order chi connectivity index (χ0) is 15.3. The minimum absolute atomic E-state index is 0. The van der Waals surface area contributed by atoms with Crippen molar-refractivity contribution in [2.24, 2.45) is 11.8 Å². The highest BCUT2D eigenvalue weighted by atomic mass is 35.5. The van der Waals surface area contributed by atoms with Gasteiger partial charge in [-0.15, -0.1) is 12.4 Å². The molecule has 3 heterocycles. The summed E-state index contributed by atoms with van der Waals surface area (Å²) < 4.78 is 26.6. The highest BCUT2D eigenvalue weighted by Crippen LogP contribution is 2.47. The van der Waals surface area contributed by atoms with Gasteiger partial charge >= 0.3 is 0 Å². The molecule has 2 bridgehead atoms. The molecule has 6 heteroatoms. The summed E-state index contributed by atoms with van der Waals surface area (Å²) in [5.41, 5.74) is 0.420. The van der Waals surface area contributed by atoms with Gasteiger partial charge in [0.15, 0.2) is 0 Å². The van der Waals surface area contributed by atoms with Crippen LogP contribution in [0.3, 0.4) is 0 Å². The third-order valence-corrected chi connectivity index (χ3v) is 5.68. The van der Waals surface area contributed by atoms with Crippen LogP contribution in [0.25, 0.3) is 0 Å². The number of nitrogens with zero attached hydrogens (tertiary/aromatic N) is 1. The van der Waals surface area contributed by atoms with E-state index in [4.69, 9.17) is 0 Å². The summed E-state index contributed by atoms with van der Waals surface area (Å²) in [7, 11) is 0. The molecular formula is C17H21ClF2N2O. The first-order valence-electron chi connectivity index (χ1n) is 8.11. The number of fused-ring (bicyclic) bond motifs is 5. The SMILES string of the molecule is Cl.O=C(CCc1ccc(F)cc1F)N1[C@@H]2CC[C@H]1[C@H]1CNC[C@H]12. The molecule has 0 saturated carbocycles. The van der Waals surface area contributed by atoms with Gasteiger partial charge in [-0.05, 0) is 42.7 Å². The summed E-state index contributed by atoms with van der Waals surface area (Å²) in [6, 6.07) is 4.31. The molecule has 0 spiro atoms. The molecule has 3 aliphatic heterocycles. The van der Waals surface area contributed by atoms with Crippen LogP contribution < -0.4 is 5.32 Å². The summed E-state index contributed by atoms with van der Waals surface area (Å²) in [5, 5.41) is 3.43. The molecule has 4 rings (SSSR count). The van der Waals surface area contributed by atoms with Crippen molar-refractivity contribution in [1.29, 1.82) is 0 Å². The van der Waals surface area contributed by atoms with Crippen molar-refractivity contribution in [3.05, 3.63) is 35.4 Å². The first-order valence-corrected chi connectivity index (χ1v) is 8.11. The van der Waals surface area contributed by atoms with Crippen molar-refractivity contribution in [1.82, 2.24) is 10.2 Å². The molecule has 3 fully saturated rings. The van der Waals surface area contributed by atoms with E-state index in [1.54, 1.807) is 0 Å². The van der Waals surface area contributed by atoms with Crippen molar-refractivity contribution in [3.63, 3.8) is 0 Å². The standard InChI is InChI=1S/C17H20F2N2O.ClH/c18-11-3-1-10(14(19)7-11)2-6-17(22)21-15-4-5-16(21)13-9-20-8-12(13)15;/h1,3,7,12-13,15-16,20H,2,4-6,8-9H2;1H/t12-,13+,15-,16+;. The predicted molar refractivity (Wildman–Crippen MR) is 85.4 cm³/mol. The number of nitrogens with one attached hydrogen (secondary N) is 1. The van der Waals surface area contributed by atoms with Crippen molar-refractivity contribution in [2.75, 3.05) is 13.1 Å². The number of carbonyl (C=O) groups excluding carboxylic acids is 1. The maximum atomic E-state index is 13.7. The summed E-state index contributed by atoms with van der Waals surface area (Å²) >= 11 is 0. The molecule has 1 amide bonds. The summed E-state index contributed by atoms with van der Waals surface area (Å²) in [6.07, 6.45) is 2.85. The Bertz CT molecular complexity index is 594. The van der Waals surface area contributed by atoms with E-state index in [1.807, 2.05) is 0 Å². The molecule has 0 aliphatic carbocycles. The normalized spacial score (nSPS) is 31.1. The lowest BCUT2D eigenvalue weighted by atomic mass is 9.82. The smallest absolute Gasteiger partial charge is 0.223 e. The Morgan fingerprint density at radius 2 is 1.83 bits per heavy atom. The van der Waals surface area contributed by atoms with Crippen LogP contribution in [0.15, 0.2) is 18.2 Å². The van der Waals surface area contributed by atoms with Crippen LogP contribution in [0.2, 0.25) is 0 Å². The Kier molecular flexibility index (Phi) is 4.61. The molecule has 0 aromatic heterocycles. The number of rotatable bonds is 3. The van der Waals surface area contributed by atoms with Gasteiger partial charge in [-0.3, -0.25) is 4.79 Å². The third-order valence-electron chi connectivity index (χ3n) is 5.68. The second-order valence-corrected chi connectivity index (χ2v) is 6.73. The zero-order valence-electron chi connectivity index (χ0n) is 12.8. The van der Waals surface area contributed by atoms with Crippen LogP contribution in [-0.4, -0.2) is 36.0 Å². The topological polar surface area (TPSA) is 32.3 Å². The third kappa shape index (κ3) is 2.74. The van der Waals surface area contributed by atoms with E-state index < -0.39 is 11.6 Å². The summed E-state index contributed by atoms with van der Waals surface area (Å²) in [4.78, 5) is 14.7. The fourth-order valence-corrected chi connectivity index (χ4v) is 4.73. The molecule has 1 aromatic rings. The van der Waals surface area contributed by atoms with Gasteiger partial charge in [0.2, 0.25) is 5.91 Å². The summed E-state index contributed by atoms with van der Waals surface area (Å²) in [5.74, 6) is 0.199. The van der Waals surface area contributed by atoms with Crippen LogP contribution >= 0.6 is 12.4 Å². The molecule has 3 saturated heterocycles. The minimum atomic E-state index is -0.578. The van der Waals surface area contributed by atoms with Crippen molar-refractivity contribution in [2.45, 2.75) is 37.8 Å². The van der Waals surface area contributed by atoms with Gasteiger partial charge < -0.3 is 10.2 Å². The van der Waals surface area contributed by atoms with Crippen molar-refractivity contribution < 1.29 is 13.6 Å². The van der Waals surface area contributed by atoms with Crippen LogP contribution in [0.4, 0.5) is 8.78 Å². The fraction of sp³-hybridized carbons (Fsp3) is 0.588. The minimum Gasteiger partial charge on any atom is -0.336 e. The van der Waals surface area contributed by atoms with Crippen molar-refractivity contribution in [3.8, 4) is 0 Å². The number of halogens is 3. The van der Waals surface area contributed by atoms with Crippen LogP contribution in [-0.2, 0) is 11.2 Å². The number of hydrogen-bond donors (Lipinski definition) is 1. The Morgan fingerprint density at radius 1 is 1.17 bits per heavy atom. The lowest BCUT2D eigenvalue weighted by Crippen LogP contribution is -2.39. The van der Waals surface area contributed by atoms with E-state index in [0.29, 0.717) is 42.3 Å². The van der Waals surface area contributed by atoms with Gasteiger partial charge in [-0.25, -0.2) is 8.78 Å². The number of amides is 1. The van der Waals surface area contributed by atoms with E-state index in [-0.39, 0.29) is 18.3 Å². The number of aryl methyl sites for hydroxylation is 1. The van der Waals surface area contributed by atoms with E-state index in [9.17, 15) is 13.6 Å². The number of carbonyl (C=O) groups is 1. The molecule has 126 valence electrons. The Morgan fingerprint density at radius 3 is 2.43 bits per heavy atom. The molecule has 1 N–H and O–H groups in total. The van der Waals surface area contributed by atoms with E-state index in [2.05, 4.69) is 10.2 Å². The first-order chi connectivity index (χ1) is 10.6. The van der Waals surface area contributed by atoms with E-state index in [0.717, 1.165) is 32.0 Å². The lowest BCUT2D eigenvalue weighted by molar-refractivity contribution is -0.132. The Labute approximate surface area is 140 Å². The summed E-state index contributed by atoms with van der Waals surface area (Å²) in [6.45, 7) is 2.03. The average molecular weight is 343 g/mol. The molecule has 23 heavy (non-hydrogen) atoms. The van der Waals surface area contributed by atoms with Crippen LogP contribution in [0.5, 0.6) is 0 Å². The molecular weight excluding hydrogens is 322 g/mol. The highest BCUT2D eigenvalue weighted by Gasteiger charge is 2.55. The van der Waals surface area contributed by atoms with Gasteiger partial charge in [0, 0.05) is 37.7 Å². The fourth-order valence-electron chi connectivity index (χ4n) is 4.73. The largest absolute Gasteiger partial charge is 0.336 e. The number of benzene rings is 1. The molecule has 3 aliphatic rings. The van der Waals surface area contributed by atoms with Crippen LogP contribution in [0.1, 0.15) is 24.8 Å². The molecule has 0 radical (unpaired) electrons. The maximum absolute atomic E-state index is 13.7. The number of hydrogen-bond acceptors (Lipinski definition) is 2. The van der Waals surface area contributed by atoms with Gasteiger partial charge in [0.1, 0.15) is 11.6 Å². The Hall–Kier alpha value is -1.20. The second-order valence-electron chi connectivity index (χ2n) is 6.73. The monoisotopic (exact) mass is 342 g/mol. The zero-order valence-corrected chi connectivity index (χ0v) is 13.6. The van der Waals surface area contributed by atoms with Gasteiger partial charge in [0.25, 0.3) is 0 Å². The molecule has 1 aromatic carbocycles. The van der Waals surface area contributed by atoms with Crippen molar-refractivity contribution >= 4 is 18.3 Å². The first kappa shape index (κ1) is 16.7. The maximum Gasteiger partial charge on any atom is 0.223 e. The van der Waals surface area contributed by atoms with E-state index in [1.165, 1.54) is 12.1 Å². The molecule has 3 nitrogen and oxygen atoms in total. The predicted octanol–water partition coefficient (Wildman–Crippen LogP) is 2.53. The van der Waals surface area contributed by atoms with Gasteiger partial charge in [-0.2, -0.15) is 0 Å². The average Bonchev–Trinajstić information content (AvgIpc) is 3.17. The van der Waals surface area contributed by atoms with Crippen LogP contribution in [0, 0.1) is 23.5 Å². The quantitative estimate of drug-likeness (QED) is 0.915. The van der Waals surface area contributed by atoms with Gasteiger partial charge in [-0.1, -0.05) is 6.07 Å². The Balaban J connectivity index is 0.00000156. The highest BCUT2D eigenvalue weighted by molar-refractivity contribution is 5.85. The lowest BCUT2D eigenvalue weighted by Gasteiger charge is -2.24. The van der Waals surface area contributed by atoms with Gasteiger partial charge in [0.05, 0.1) is 0 Å². The second kappa shape index (κ2) is 6.36. The molecule has 4 atom stereocenters. The van der Waals surface area contributed by atoms with E-state index >= 15 is 0 Å². The molecule has 0 unspecified atom stereocenters.